The van der Waals surface area contributed by atoms with Crippen molar-refractivity contribution in [1.82, 2.24) is 21.5 Å². The Kier molecular flexibility index (Phi) is 8.00. The van der Waals surface area contributed by atoms with Crippen LogP contribution in [0.4, 0.5) is 0 Å². The molecular formula is C12H24N4OS2. The molecule has 1 atom stereocenters. The third-order valence-corrected chi connectivity index (χ3v) is 3.30. The highest BCUT2D eigenvalue weighted by molar-refractivity contribution is 7.80. The smallest absolute Gasteiger partial charge is 0.185 e. The maximum Gasteiger partial charge on any atom is 0.185 e. The predicted molar refractivity (Wildman–Crippen MR) is 85.9 cm³/mol. The minimum absolute atomic E-state index is 0.274. The number of nitrogens with one attached hydrogen (secondary N) is 4. The molecule has 0 amide bonds. The number of rotatable bonds is 5. The monoisotopic (exact) mass is 304 g/mol. The van der Waals surface area contributed by atoms with Crippen LogP contribution in [0.1, 0.15) is 33.1 Å². The summed E-state index contributed by atoms with van der Waals surface area (Å²) in [6, 6.07) is 0. The topological polar surface area (TPSA) is 57.3 Å². The molecule has 0 aromatic carbocycles. The van der Waals surface area contributed by atoms with E-state index in [0.717, 1.165) is 39.0 Å². The molecule has 1 fully saturated rings. The van der Waals surface area contributed by atoms with E-state index in [4.69, 9.17) is 29.2 Å². The first-order valence-electron chi connectivity index (χ1n) is 6.77. The van der Waals surface area contributed by atoms with Crippen LogP contribution in [0.15, 0.2) is 0 Å². The first kappa shape index (κ1) is 16.4. The SMILES string of the molecule is CC(C)CCNC(=S)NNC(=S)NC[C@H]1CCCO1. The zero-order chi connectivity index (χ0) is 14.1. The van der Waals surface area contributed by atoms with E-state index in [1.54, 1.807) is 0 Å². The van der Waals surface area contributed by atoms with Gasteiger partial charge in [0.25, 0.3) is 0 Å². The summed E-state index contributed by atoms with van der Waals surface area (Å²) in [7, 11) is 0. The molecular weight excluding hydrogens is 280 g/mol. The van der Waals surface area contributed by atoms with Crippen molar-refractivity contribution < 1.29 is 4.74 Å². The van der Waals surface area contributed by atoms with E-state index in [1.165, 1.54) is 0 Å². The quantitative estimate of drug-likeness (QED) is 0.447. The van der Waals surface area contributed by atoms with E-state index in [2.05, 4.69) is 35.3 Å². The fraction of sp³-hybridized carbons (Fsp3) is 0.833. The molecule has 1 aliphatic heterocycles. The molecule has 19 heavy (non-hydrogen) atoms. The first-order chi connectivity index (χ1) is 9.08. The lowest BCUT2D eigenvalue weighted by Crippen LogP contribution is -2.51. The van der Waals surface area contributed by atoms with Gasteiger partial charge in [-0.15, -0.1) is 0 Å². The Hall–Kier alpha value is -0.660. The second-order valence-corrected chi connectivity index (χ2v) is 5.85. The maximum atomic E-state index is 5.50. The molecule has 0 aromatic rings. The lowest BCUT2D eigenvalue weighted by molar-refractivity contribution is 0.114. The molecule has 5 nitrogen and oxygen atoms in total. The Morgan fingerprint density at radius 3 is 2.47 bits per heavy atom. The van der Waals surface area contributed by atoms with Crippen LogP contribution in [-0.4, -0.2) is 36.0 Å². The molecule has 0 aromatic heterocycles. The molecule has 7 heteroatoms. The summed E-state index contributed by atoms with van der Waals surface area (Å²) >= 11 is 10.3. The van der Waals surface area contributed by atoms with Crippen molar-refractivity contribution in [3.8, 4) is 0 Å². The average molecular weight is 304 g/mol. The largest absolute Gasteiger partial charge is 0.376 e. The molecule has 0 aliphatic carbocycles. The molecule has 110 valence electrons. The van der Waals surface area contributed by atoms with Crippen LogP contribution in [0.5, 0.6) is 0 Å². The van der Waals surface area contributed by atoms with Crippen molar-refractivity contribution in [2.24, 2.45) is 5.92 Å². The highest BCUT2D eigenvalue weighted by Gasteiger charge is 2.15. The second kappa shape index (κ2) is 9.28. The van der Waals surface area contributed by atoms with Gasteiger partial charge < -0.3 is 15.4 Å². The molecule has 1 heterocycles. The Labute approximate surface area is 126 Å². The number of hydrogen-bond acceptors (Lipinski definition) is 3. The molecule has 0 bridgehead atoms. The van der Waals surface area contributed by atoms with Gasteiger partial charge in [-0.05, 0) is 49.6 Å². The minimum Gasteiger partial charge on any atom is -0.376 e. The molecule has 0 radical (unpaired) electrons. The van der Waals surface area contributed by atoms with Gasteiger partial charge in [0.1, 0.15) is 0 Å². The Bertz CT molecular complexity index is 293. The summed E-state index contributed by atoms with van der Waals surface area (Å²) in [6.45, 7) is 6.82. The van der Waals surface area contributed by atoms with Crippen molar-refractivity contribution in [2.75, 3.05) is 19.7 Å². The summed E-state index contributed by atoms with van der Waals surface area (Å²) in [5.41, 5.74) is 5.71. The standard InChI is InChI=1S/C12H24N4OS2/c1-9(2)5-6-13-11(18)15-16-12(19)14-8-10-4-3-7-17-10/h9-10H,3-8H2,1-2H3,(H2,13,15,18)(H2,14,16,19)/t10-/m1/s1. The second-order valence-electron chi connectivity index (χ2n) is 5.03. The van der Waals surface area contributed by atoms with Gasteiger partial charge in [0.15, 0.2) is 10.2 Å². The summed E-state index contributed by atoms with van der Waals surface area (Å²) < 4.78 is 5.50. The van der Waals surface area contributed by atoms with Gasteiger partial charge >= 0.3 is 0 Å². The number of hydrogen-bond donors (Lipinski definition) is 4. The van der Waals surface area contributed by atoms with Gasteiger partial charge in [0.2, 0.25) is 0 Å². The zero-order valence-electron chi connectivity index (χ0n) is 11.6. The molecule has 1 rings (SSSR count). The first-order valence-corrected chi connectivity index (χ1v) is 7.59. The van der Waals surface area contributed by atoms with Crippen LogP contribution in [0.3, 0.4) is 0 Å². The van der Waals surface area contributed by atoms with E-state index < -0.39 is 0 Å². The maximum absolute atomic E-state index is 5.50. The van der Waals surface area contributed by atoms with Gasteiger partial charge in [-0.1, -0.05) is 13.8 Å². The van der Waals surface area contributed by atoms with Crippen molar-refractivity contribution >= 4 is 34.7 Å². The van der Waals surface area contributed by atoms with E-state index in [0.29, 0.717) is 16.1 Å². The highest BCUT2D eigenvalue weighted by Crippen LogP contribution is 2.10. The summed E-state index contributed by atoms with van der Waals surface area (Å²) in [6.07, 6.45) is 3.59. The molecule has 0 spiro atoms. The fourth-order valence-corrected chi connectivity index (χ4v) is 1.98. The molecule has 4 N–H and O–H groups in total. The fourth-order valence-electron chi connectivity index (χ4n) is 1.69. The highest BCUT2D eigenvalue weighted by atomic mass is 32.1. The lowest BCUT2D eigenvalue weighted by Gasteiger charge is -2.16. The van der Waals surface area contributed by atoms with E-state index in [9.17, 15) is 0 Å². The zero-order valence-corrected chi connectivity index (χ0v) is 13.3. The normalized spacial score (nSPS) is 18.2. The van der Waals surface area contributed by atoms with Gasteiger partial charge in [-0.3, -0.25) is 10.9 Å². The average Bonchev–Trinajstić information content (AvgIpc) is 2.86. The van der Waals surface area contributed by atoms with Gasteiger partial charge in [-0.2, -0.15) is 0 Å². The van der Waals surface area contributed by atoms with E-state index >= 15 is 0 Å². The summed E-state index contributed by atoms with van der Waals surface area (Å²) in [4.78, 5) is 0. The Morgan fingerprint density at radius 2 is 1.89 bits per heavy atom. The van der Waals surface area contributed by atoms with E-state index in [-0.39, 0.29) is 6.10 Å². The Morgan fingerprint density at radius 1 is 1.21 bits per heavy atom. The Balaban J connectivity index is 2.00. The van der Waals surface area contributed by atoms with Gasteiger partial charge in [0.05, 0.1) is 6.10 Å². The summed E-state index contributed by atoms with van der Waals surface area (Å²) in [5, 5.41) is 7.30. The van der Waals surface area contributed by atoms with Crippen LogP contribution in [0.2, 0.25) is 0 Å². The van der Waals surface area contributed by atoms with E-state index in [1.807, 2.05) is 0 Å². The molecule has 1 aliphatic rings. The number of hydrazine groups is 1. The third kappa shape index (κ3) is 8.18. The molecule has 0 unspecified atom stereocenters. The van der Waals surface area contributed by atoms with Crippen LogP contribution in [0.25, 0.3) is 0 Å². The molecule has 1 saturated heterocycles. The van der Waals surface area contributed by atoms with Crippen molar-refractivity contribution in [2.45, 2.75) is 39.2 Å². The number of thiocarbonyl (C=S) groups is 2. The van der Waals surface area contributed by atoms with Crippen LogP contribution in [0, 0.1) is 5.92 Å². The van der Waals surface area contributed by atoms with Crippen molar-refractivity contribution in [3.05, 3.63) is 0 Å². The van der Waals surface area contributed by atoms with Crippen LogP contribution < -0.4 is 21.5 Å². The van der Waals surface area contributed by atoms with Gasteiger partial charge in [-0.25, -0.2) is 0 Å². The third-order valence-electron chi connectivity index (χ3n) is 2.81. The lowest BCUT2D eigenvalue weighted by atomic mass is 10.1. The summed E-state index contributed by atoms with van der Waals surface area (Å²) in [5.74, 6) is 0.664. The molecule has 0 saturated carbocycles. The minimum atomic E-state index is 0.274. The van der Waals surface area contributed by atoms with Crippen molar-refractivity contribution in [1.29, 1.82) is 0 Å². The number of ether oxygens (including phenoxy) is 1. The van der Waals surface area contributed by atoms with Crippen LogP contribution in [-0.2, 0) is 4.74 Å². The van der Waals surface area contributed by atoms with Crippen molar-refractivity contribution in [3.63, 3.8) is 0 Å². The predicted octanol–water partition coefficient (Wildman–Crippen LogP) is 1.05. The van der Waals surface area contributed by atoms with Gasteiger partial charge in [0, 0.05) is 19.7 Å². The van der Waals surface area contributed by atoms with Crippen LogP contribution >= 0.6 is 24.4 Å².